The van der Waals surface area contributed by atoms with Gasteiger partial charge in [-0.2, -0.15) is 0 Å². The fraction of sp³-hybridized carbons (Fsp3) is 0.125. The number of hydrogen-bond acceptors (Lipinski definition) is 3. The molecule has 0 fully saturated rings. The molecule has 1 N–H and O–H groups in total. The number of ether oxygens (including phenoxy) is 2. The third kappa shape index (κ3) is 3.37. The molecular weight excluding hydrogens is 350 g/mol. The molecule has 0 spiro atoms. The molecule has 4 heteroatoms. The summed E-state index contributed by atoms with van der Waals surface area (Å²) < 4.78 is 10.6. The average molecular weight is 371 g/mol. The van der Waals surface area contributed by atoms with Crippen molar-refractivity contribution in [2.75, 3.05) is 19.5 Å². The second-order valence-corrected chi connectivity index (χ2v) is 6.59. The maximum Gasteiger partial charge on any atom is 0.228 e. The van der Waals surface area contributed by atoms with Crippen molar-refractivity contribution in [3.63, 3.8) is 0 Å². The Morgan fingerprint density at radius 1 is 0.786 bits per heavy atom. The van der Waals surface area contributed by atoms with E-state index in [1.807, 2.05) is 24.3 Å². The predicted molar refractivity (Wildman–Crippen MR) is 113 cm³/mol. The van der Waals surface area contributed by atoms with Gasteiger partial charge in [-0.05, 0) is 45.3 Å². The molecule has 4 aromatic carbocycles. The molecule has 0 heterocycles. The minimum Gasteiger partial charge on any atom is -0.493 e. The van der Waals surface area contributed by atoms with Crippen LogP contribution in [0.5, 0.6) is 11.5 Å². The molecule has 0 radical (unpaired) electrons. The van der Waals surface area contributed by atoms with Crippen LogP contribution in [0.4, 0.5) is 5.69 Å². The third-order valence-corrected chi connectivity index (χ3v) is 4.89. The fourth-order valence-electron chi connectivity index (χ4n) is 3.58. The zero-order valence-corrected chi connectivity index (χ0v) is 15.9. The van der Waals surface area contributed by atoms with Gasteiger partial charge in [0.15, 0.2) is 11.5 Å². The Bertz CT molecular complexity index is 1110. The zero-order valence-electron chi connectivity index (χ0n) is 15.9. The van der Waals surface area contributed by atoms with E-state index in [1.165, 1.54) is 0 Å². The van der Waals surface area contributed by atoms with Gasteiger partial charge in [-0.25, -0.2) is 0 Å². The maximum absolute atomic E-state index is 12.8. The summed E-state index contributed by atoms with van der Waals surface area (Å²) in [7, 11) is 3.16. The van der Waals surface area contributed by atoms with Gasteiger partial charge in [-0.3, -0.25) is 4.79 Å². The minimum atomic E-state index is -0.0753. The molecule has 0 aliphatic heterocycles. The number of carbonyl (C=O) groups excluding carboxylic acids is 1. The van der Waals surface area contributed by atoms with Gasteiger partial charge in [0, 0.05) is 11.8 Å². The molecule has 0 aliphatic carbocycles. The highest BCUT2D eigenvalue weighted by Gasteiger charge is 2.13. The van der Waals surface area contributed by atoms with Crippen molar-refractivity contribution in [3.8, 4) is 11.5 Å². The monoisotopic (exact) mass is 371 g/mol. The van der Waals surface area contributed by atoms with Gasteiger partial charge >= 0.3 is 0 Å². The highest BCUT2D eigenvalue weighted by Crippen LogP contribution is 2.31. The molecule has 4 nitrogen and oxygen atoms in total. The molecule has 0 aliphatic rings. The summed E-state index contributed by atoms with van der Waals surface area (Å²) in [5, 5.41) is 7.44. The Morgan fingerprint density at radius 2 is 1.39 bits per heavy atom. The van der Waals surface area contributed by atoms with Gasteiger partial charge in [0.2, 0.25) is 5.91 Å². The second kappa shape index (κ2) is 7.61. The number of nitrogens with one attached hydrogen (secondary N) is 1. The first-order valence-corrected chi connectivity index (χ1v) is 9.11. The first-order valence-electron chi connectivity index (χ1n) is 9.11. The van der Waals surface area contributed by atoms with E-state index >= 15 is 0 Å². The molecule has 1 amide bonds. The predicted octanol–water partition coefficient (Wildman–Crippen LogP) is 5.19. The Balaban J connectivity index is 1.68. The normalized spacial score (nSPS) is 10.8. The lowest BCUT2D eigenvalue weighted by Crippen LogP contribution is -2.15. The number of anilines is 1. The molecule has 28 heavy (non-hydrogen) atoms. The Labute approximate surface area is 163 Å². The summed E-state index contributed by atoms with van der Waals surface area (Å²) in [6.07, 6.45) is 0.288. The van der Waals surface area contributed by atoms with Crippen molar-refractivity contribution in [1.29, 1.82) is 0 Å². The molecule has 4 rings (SSSR count). The van der Waals surface area contributed by atoms with Crippen molar-refractivity contribution in [2.24, 2.45) is 0 Å². The summed E-state index contributed by atoms with van der Waals surface area (Å²) in [5.74, 6) is 1.13. The Kier molecular flexibility index (Phi) is 4.85. The van der Waals surface area contributed by atoms with Crippen LogP contribution in [0.25, 0.3) is 21.5 Å². The van der Waals surface area contributed by atoms with Crippen LogP contribution in [0.1, 0.15) is 5.56 Å². The van der Waals surface area contributed by atoms with Crippen LogP contribution < -0.4 is 14.8 Å². The number of fused-ring (bicyclic) bond motifs is 2. The van der Waals surface area contributed by atoms with Crippen molar-refractivity contribution < 1.29 is 14.3 Å². The van der Waals surface area contributed by atoms with Crippen LogP contribution in [0.15, 0.2) is 72.8 Å². The summed E-state index contributed by atoms with van der Waals surface area (Å²) in [5.41, 5.74) is 1.71. The smallest absolute Gasteiger partial charge is 0.228 e. The van der Waals surface area contributed by atoms with Gasteiger partial charge in [-0.15, -0.1) is 0 Å². The van der Waals surface area contributed by atoms with E-state index in [0.29, 0.717) is 17.2 Å². The lowest BCUT2D eigenvalue weighted by atomic mass is 9.94. The van der Waals surface area contributed by atoms with Crippen LogP contribution in [0.3, 0.4) is 0 Å². The zero-order chi connectivity index (χ0) is 19.5. The van der Waals surface area contributed by atoms with Gasteiger partial charge in [-0.1, -0.05) is 48.5 Å². The van der Waals surface area contributed by atoms with Gasteiger partial charge in [0.25, 0.3) is 0 Å². The molecule has 0 saturated heterocycles. The van der Waals surface area contributed by atoms with E-state index in [9.17, 15) is 4.79 Å². The summed E-state index contributed by atoms with van der Waals surface area (Å²) in [6.45, 7) is 0. The molecule has 0 bridgehead atoms. The van der Waals surface area contributed by atoms with Crippen LogP contribution in [-0.2, 0) is 11.2 Å². The summed E-state index contributed by atoms with van der Waals surface area (Å²) in [4.78, 5) is 12.8. The molecular formula is C24H21NO3. The number of methoxy groups -OCH3 is 2. The van der Waals surface area contributed by atoms with Crippen molar-refractivity contribution in [2.45, 2.75) is 6.42 Å². The van der Waals surface area contributed by atoms with Crippen LogP contribution >= 0.6 is 0 Å². The highest BCUT2D eigenvalue weighted by molar-refractivity contribution is 6.06. The molecule has 0 aromatic heterocycles. The number of rotatable bonds is 5. The van der Waals surface area contributed by atoms with E-state index in [0.717, 1.165) is 27.1 Å². The number of amides is 1. The SMILES string of the molecule is COc1ccc(NC(=O)Cc2c3ccccc3cc3ccccc23)cc1OC. The molecule has 0 atom stereocenters. The molecule has 0 saturated carbocycles. The Hall–Kier alpha value is -3.53. The third-order valence-electron chi connectivity index (χ3n) is 4.89. The highest BCUT2D eigenvalue weighted by atomic mass is 16.5. The summed E-state index contributed by atoms with van der Waals surface area (Å²) >= 11 is 0. The van der Waals surface area contributed by atoms with E-state index < -0.39 is 0 Å². The number of hydrogen-bond donors (Lipinski definition) is 1. The molecule has 140 valence electrons. The lowest BCUT2D eigenvalue weighted by molar-refractivity contribution is -0.115. The maximum atomic E-state index is 12.8. The van der Waals surface area contributed by atoms with E-state index in [2.05, 4.69) is 35.6 Å². The Morgan fingerprint density at radius 3 is 2.00 bits per heavy atom. The fourth-order valence-corrected chi connectivity index (χ4v) is 3.58. The van der Waals surface area contributed by atoms with E-state index in [-0.39, 0.29) is 12.3 Å². The van der Waals surface area contributed by atoms with Crippen LogP contribution in [-0.4, -0.2) is 20.1 Å². The largest absolute Gasteiger partial charge is 0.493 e. The topological polar surface area (TPSA) is 47.6 Å². The van der Waals surface area contributed by atoms with Crippen molar-refractivity contribution in [3.05, 3.63) is 78.4 Å². The van der Waals surface area contributed by atoms with E-state index in [1.54, 1.807) is 32.4 Å². The van der Waals surface area contributed by atoms with E-state index in [4.69, 9.17) is 9.47 Å². The van der Waals surface area contributed by atoms with Crippen molar-refractivity contribution >= 4 is 33.1 Å². The van der Waals surface area contributed by atoms with Gasteiger partial charge in [0.05, 0.1) is 20.6 Å². The second-order valence-electron chi connectivity index (χ2n) is 6.59. The summed E-state index contributed by atoms with van der Waals surface area (Å²) in [6, 6.07) is 23.9. The van der Waals surface area contributed by atoms with Gasteiger partial charge in [0.1, 0.15) is 0 Å². The standard InChI is InChI=1S/C24H21NO3/c1-27-22-12-11-18(14-23(22)28-2)25-24(26)15-21-19-9-5-3-7-16(19)13-17-8-4-6-10-20(17)21/h3-14H,15H2,1-2H3,(H,25,26). The minimum absolute atomic E-state index is 0.0753. The lowest BCUT2D eigenvalue weighted by Gasteiger charge is -2.13. The van der Waals surface area contributed by atoms with Gasteiger partial charge < -0.3 is 14.8 Å². The number of carbonyl (C=O) groups is 1. The van der Waals surface area contributed by atoms with Crippen molar-refractivity contribution in [1.82, 2.24) is 0 Å². The first kappa shape index (κ1) is 17.9. The van der Waals surface area contributed by atoms with Crippen LogP contribution in [0, 0.1) is 0 Å². The number of benzene rings is 4. The first-order chi connectivity index (χ1) is 13.7. The molecule has 0 unspecified atom stereocenters. The quantitative estimate of drug-likeness (QED) is 0.491. The van der Waals surface area contributed by atoms with Crippen LogP contribution in [0.2, 0.25) is 0 Å². The average Bonchev–Trinajstić information content (AvgIpc) is 2.73. The molecule has 4 aromatic rings.